The third-order valence-electron chi connectivity index (χ3n) is 6.36. The number of nitrogens with one attached hydrogen (secondary N) is 2. The van der Waals surface area contributed by atoms with Crippen molar-refractivity contribution in [3.05, 3.63) is 29.8 Å². The van der Waals surface area contributed by atoms with Gasteiger partial charge in [0.2, 0.25) is 17.7 Å². The SMILES string of the molecule is NCCCCCNC(=O)[C@H]1C[C@H]2C(=O)N[C@@H](CCCCN)C(=O)N2[C@H]1c1ccc(O)cc1. The largest absolute Gasteiger partial charge is 0.508 e. The molecule has 1 aromatic rings. The molecular formula is C23H35N5O4. The number of hydrogen-bond donors (Lipinski definition) is 5. The highest BCUT2D eigenvalue weighted by atomic mass is 16.3. The molecule has 0 radical (unpaired) electrons. The number of fused-ring (bicyclic) bond motifs is 1. The number of hydrogen-bond acceptors (Lipinski definition) is 6. The van der Waals surface area contributed by atoms with Crippen LogP contribution in [0.3, 0.4) is 0 Å². The molecule has 2 fully saturated rings. The molecule has 0 unspecified atom stereocenters. The van der Waals surface area contributed by atoms with E-state index in [9.17, 15) is 19.5 Å². The van der Waals surface area contributed by atoms with Gasteiger partial charge in [-0.3, -0.25) is 14.4 Å². The molecule has 2 aliphatic rings. The Labute approximate surface area is 188 Å². The lowest BCUT2D eigenvalue weighted by Crippen LogP contribution is -2.61. The van der Waals surface area contributed by atoms with Gasteiger partial charge in [-0.2, -0.15) is 0 Å². The van der Waals surface area contributed by atoms with Crippen LogP contribution in [0.4, 0.5) is 0 Å². The van der Waals surface area contributed by atoms with E-state index in [0.29, 0.717) is 26.1 Å². The molecule has 9 heteroatoms. The number of carbonyl (C=O) groups is 3. The highest BCUT2D eigenvalue weighted by Gasteiger charge is 2.54. The van der Waals surface area contributed by atoms with Crippen LogP contribution in [0.2, 0.25) is 0 Å². The van der Waals surface area contributed by atoms with Gasteiger partial charge >= 0.3 is 0 Å². The molecule has 176 valence electrons. The number of phenolic OH excluding ortho intramolecular Hbond substituents is 1. The molecular weight excluding hydrogens is 410 g/mol. The van der Waals surface area contributed by atoms with Crippen molar-refractivity contribution >= 4 is 17.7 Å². The summed E-state index contributed by atoms with van der Waals surface area (Å²) >= 11 is 0. The number of nitrogens with zero attached hydrogens (tertiary/aromatic N) is 1. The van der Waals surface area contributed by atoms with Crippen molar-refractivity contribution in [1.29, 1.82) is 0 Å². The van der Waals surface area contributed by atoms with Gasteiger partial charge in [0, 0.05) is 6.54 Å². The third kappa shape index (κ3) is 5.39. The molecule has 2 saturated heterocycles. The first-order valence-electron chi connectivity index (χ1n) is 11.6. The first kappa shape index (κ1) is 24.0. The molecule has 3 amide bonds. The Kier molecular flexibility index (Phi) is 8.46. The van der Waals surface area contributed by atoms with E-state index in [1.165, 1.54) is 12.1 Å². The number of phenols is 1. The monoisotopic (exact) mass is 445 g/mol. The minimum Gasteiger partial charge on any atom is -0.508 e. The zero-order valence-corrected chi connectivity index (χ0v) is 18.5. The number of amides is 3. The zero-order valence-electron chi connectivity index (χ0n) is 18.5. The van der Waals surface area contributed by atoms with Crippen LogP contribution < -0.4 is 22.1 Å². The fraction of sp³-hybridized carbons (Fsp3) is 0.609. The Balaban J connectivity index is 1.81. The molecule has 0 saturated carbocycles. The van der Waals surface area contributed by atoms with Crippen molar-refractivity contribution in [1.82, 2.24) is 15.5 Å². The van der Waals surface area contributed by atoms with Gasteiger partial charge in [-0.25, -0.2) is 0 Å². The second-order valence-corrected chi connectivity index (χ2v) is 8.63. The van der Waals surface area contributed by atoms with Gasteiger partial charge in [-0.15, -0.1) is 0 Å². The zero-order chi connectivity index (χ0) is 23.1. The quantitative estimate of drug-likeness (QED) is 0.313. The second kappa shape index (κ2) is 11.3. The van der Waals surface area contributed by atoms with Gasteiger partial charge in [0.15, 0.2) is 0 Å². The Bertz CT molecular complexity index is 800. The Morgan fingerprint density at radius 2 is 1.75 bits per heavy atom. The summed E-state index contributed by atoms with van der Waals surface area (Å²) in [5, 5.41) is 15.5. The molecule has 4 atom stereocenters. The summed E-state index contributed by atoms with van der Waals surface area (Å²) in [5.41, 5.74) is 11.8. The number of nitrogens with two attached hydrogens (primary N) is 2. The average Bonchev–Trinajstić information content (AvgIpc) is 3.19. The van der Waals surface area contributed by atoms with Crippen LogP contribution in [0.25, 0.3) is 0 Å². The van der Waals surface area contributed by atoms with Gasteiger partial charge in [0.1, 0.15) is 17.8 Å². The Morgan fingerprint density at radius 1 is 1.06 bits per heavy atom. The molecule has 0 spiro atoms. The van der Waals surface area contributed by atoms with Gasteiger partial charge < -0.3 is 32.1 Å². The lowest BCUT2D eigenvalue weighted by Gasteiger charge is -2.38. The summed E-state index contributed by atoms with van der Waals surface area (Å²) in [6.45, 7) is 1.69. The first-order valence-corrected chi connectivity index (χ1v) is 11.6. The standard InChI is InChI=1S/C23H35N5O4/c24-11-3-1-5-13-26-21(30)17-14-19-22(31)27-18(6-2-4-12-25)23(32)28(19)20(17)15-7-9-16(29)10-8-15/h7-10,17-20,29H,1-6,11-14,24-25H2,(H,26,30)(H,27,31)/t17-,18-,19-,20-/m0/s1. The predicted molar refractivity (Wildman–Crippen MR) is 120 cm³/mol. The highest BCUT2D eigenvalue weighted by molar-refractivity contribution is 5.99. The normalized spacial score (nSPS) is 24.9. The van der Waals surface area contributed by atoms with Crippen LogP contribution in [0.1, 0.15) is 56.6 Å². The van der Waals surface area contributed by atoms with E-state index in [2.05, 4.69) is 10.6 Å². The molecule has 3 rings (SSSR count). The molecule has 0 aliphatic carbocycles. The van der Waals surface area contributed by atoms with Gasteiger partial charge in [-0.05, 0) is 69.3 Å². The summed E-state index contributed by atoms with van der Waals surface area (Å²) in [4.78, 5) is 41.0. The lowest BCUT2D eigenvalue weighted by atomic mass is 9.92. The molecule has 2 heterocycles. The summed E-state index contributed by atoms with van der Waals surface area (Å²) in [5.74, 6) is -0.985. The Morgan fingerprint density at radius 3 is 2.44 bits per heavy atom. The van der Waals surface area contributed by atoms with Crippen LogP contribution >= 0.6 is 0 Å². The number of aromatic hydroxyl groups is 1. The fourth-order valence-electron chi connectivity index (χ4n) is 4.70. The van der Waals surface area contributed by atoms with Crippen LogP contribution in [0, 0.1) is 5.92 Å². The van der Waals surface area contributed by atoms with Crippen molar-refractivity contribution < 1.29 is 19.5 Å². The van der Waals surface area contributed by atoms with Gasteiger partial charge in [-0.1, -0.05) is 18.6 Å². The average molecular weight is 446 g/mol. The smallest absolute Gasteiger partial charge is 0.246 e. The second-order valence-electron chi connectivity index (χ2n) is 8.63. The number of carbonyl (C=O) groups excluding carboxylic acids is 3. The number of piperazine rings is 1. The summed E-state index contributed by atoms with van der Waals surface area (Å²) in [7, 11) is 0. The molecule has 0 aromatic heterocycles. The van der Waals surface area contributed by atoms with E-state index >= 15 is 0 Å². The fourth-order valence-corrected chi connectivity index (χ4v) is 4.70. The minimum atomic E-state index is -0.681. The summed E-state index contributed by atoms with van der Waals surface area (Å²) in [6, 6.07) is 4.67. The van der Waals surface area contributed by atoms with E-state index in [-0.39, 0.29) is 29.9 Å². The van der Waals surface area contributed by atoms with Crippen molar-refractivity contribution in [3.8, 4) is 5.75 Å². The molecule has 9 nitrogen and oxygen atoms in total. The first-order chi connectivity index (χ1) is 15.5. The van der Waals surface area contributed by atoms with Crippen molar-refractivity contribution in [2.45, 2.75) is 63.1 Å². The topological polar surface area (TPSA) is 151 Å². The van der Waals surface area contributed by atoms with Crippen LogP contribution in [0.15, 0.2) is 24.3 Å². The van der Waals surface area contributed by atoms with Crippen LogP contribution in [-0.4, -0.2) is 59.4 Å². The molecule has 7 N–H and O–H groups in total. The molecule has 1 aromatic carbocycles. The van der Waals surface area contributed by atoms with E-state index in [0.717, 1.165) is 37.7 Å². The van der Waals surface area contributed by atoms with Crippen LogP contribution in [-0.2, 0) is 14.4 Å². The highest BCUT2D eigenvalue weighted by Crippen LogP contribution is 2.43. The van der Waals surface area contributed by atoms with E-state index in [1.54, 1.807) is 17.0 Å². The van der Waals surface area contributed by atoms with Crippen LogP contribution in [0.5, 0.6) is 5.75 Å². The number of unbranched alkanes of at least 4 members (excludes halogenated alkanes) is 3. The van der Waals surface area contributed by atoms with Crippen molar-refractivity contribution in [2.75, 3.05) is 19.6 Å². The minimum absolute atomic E-state index is 0.103. The van der Waals surface area contributed by atoms with Gasteiger partial charge in [0.05, 0.1) is 12.0 Å². The van der Waals surface area contributed by atoms with Gasteiger partial charge in [0.25, 0.3) is 0 Å². The maximum absolute atomic E-state index is 13.4. The van der Waals surface area contributed by atoms with Crippen molar-refractivity contribution in [2.24, 2.45) is 17.4 Å². The van der Waals surface area contributed by atoms with E-state index < -0.39 is 24.0 Å². The third-order valence-corrected chi connectivity index (χ3v) is 6.36. The van der Waals surface area contributed by atoms with Crippen molar-refractivity contribution in [3.63, 3.8) is 0 Å². The Hall–Kier alpha value is -2.65. The molecule has 0 bridgehead atoms. The summed E-state index contributed by atoms with van der Waals surface area (Å²) in [6.07, 6.45) is 4.98. The van der Waals surface area contributed by atoms with E-state index in [4.69, 9.17) is 11.5 Å². The number of rotatable bonds is 11. The van der Waals surface area contributed by atoms with E-state index in [1.807, 2.05) is 0 Å². The summed E-state index contributed by atoms with van der Waals surface area (Å²) < 4.78 is 0. The number of benzene rings is 1. The molecule has 2 aliphatic heterocycles. The predicted octanol–water partition coefficient (Wildman–Crippen LogP) is 0.523. The maximum Gasteiger partial charge on any atom is 0.246 e. The lowest BCUT2D eigenvalue weighted by molar-refractivity contribution is -0.149. The molecule has 32 heavy (non-hydrogen) atoms. The maximum atomic E-state index is 13.4.